The molecule has 0 radical (unpaired) electrons. The van der Waals surface area contributed by atoms with Gasteiger partial charge in [-0.3, -0.25) is 4.68 Å². The van der Waals surface area contributed by atoms with Gasteiger partial charge in [0.15, 0.2) is 11.6 Å². The second kappa shape index (κ2) is 7.19. The van der Waals surface area contributed by atoms with Crippen LogP contribution in [0.5, 0.6) is 11.5 Å². The quantitative estimate of drug-likeness (QED) is 0.707. The number of ether oxygens (including phenoxy) is 2. The van der Waals surface area contributed by atoms with E-state index >= 15 is 0 Å². The van der Waals surface area contributed by atoms with Crippen molar-refractivity contribution in [2.45, 2.75) is 31.2 Å². The van der Waals surface area contributed by atoms with Crippen molar-refractivity contribution >= 4 is 17.5 Å². The highest BCUT2D eigenvalue weighted by atomic mass is 16.5. The molecule has 2 aromatic heterocycles. The molecule has 2 aliphatic rings. The number of nitrogens with one attached hydrogen (secondary N) is 1. The Morgan fingerprint density at radius 3 is 2.73 bits per heavy atom. The number of anilines is 3. The molecule has 1 fully saturated rings. The maximum absolute atomic E-state index is 6.02. The topological polar surface area (TPSA) is 77.3 Å². The minimum absolute atomic E-state index is 0.0627. The number of hydrogen-bond acceptors (Lipinski definition) is 7. The average Bonchev–Trinajstić information content (AvgIpc) is 3.41. The lowest BCUT2D eigenvalue weighted by Crippen LogP contribution is -2.52. The van der Waals surface area contributed by atoms with Gasteiger partial charge in [0.25, 0.3) is 0 Å². The molecule has 30 heavy (non-hydrogen) atoms. The van der Waals surface area contributed by atoms with Crippen molar-refractivity contribution < 1.29 is 9.47 Å². The van der Waals surface area contributed by atoms with E-state index in [-0.39, 0.29) is 5.54 Å². The lowest BCUT2D eigenvalue weighted by atomic mass is 9.95. The maximum Gasteiger partial charge on any atom is 0.229 e. The van der Waals surface area contributed by atoms with E-state index in [4.69, 9.17) is 14.5 Å². The minimum atomic E-state index is 0.0627. The summed E-state index contributed by atoms with van der Waals surface area (Å²) in [7, 11) is 5.69. The highest BCUT2D eigenvalue weighted by Gasteiger charge is 2.43. The molecule has 0 amide bonds. The molecule has 8 nitrogen and oxygen atoms in total. The lowest BCUT2D eigenvalue weighted by Gasteiger charge is -2.43. The Labute approximate surface area is 175 Å². The number of aromatic nitrogens is 4. The minimum Gasteiger partial charge on any atom is -0.496 e. The van der Waals surface area contributed by atoms with Crippen molar-refractivity contribution in [2.75, 3.05) is 31.0 Å². The maximum atomic E-state index is 6.02. The van der Waals surface area contributed by atoms with E-state index in [0.717, 1.165) is 47.0 Å². The van der Waals surface area contributed by atoms with Crippen molar-refractivity contribution in [3.05, 3.63) is 36.8 Å². The fraction of sp³-hybridized carbons (Fsp3) is 0.409. The SMILES string of the molecule is COc1cc(Nc2ncc3c(n2)N(C)C2(CCCC2)CO3)ccc1-c1cnn(C)c1. The molecular weight excluding hydrogens is 380 g/mol. The van der Waals surface area contributed by atoms with Crippen LogP contribution in [0.1, 0.15) is 25.7 Å². The first-order chi connectivity index (χ1) is 14.6. The van der Waals surface area contributed by atoms with Gasteiger partial charge in [-0.15, -0.1) is 0 Å². The van der Waals surface area contributed by atoms with E-state index in [1.165, 1.54) is 12.8 Å². The average molecular weight is 406 g/mol. The van der Waals surface area contributed by atoms with Gasteiger partial charge in [-0.05, 0) is 25.0 Å². The van der Waals surface area contributed by atoms with E-state index in [1.807, 2.05) is 37.6 Å². The largest absolute Gasteiger partial charge is 0.496 e. The van der Waals surface area contributed by atoms with Crippen LogP contribution < -0.4 is 19.7 Å². The fourth-order valence-corrected chi connectivity index (χ4v) is 4.51. The van der Waals surface area contributed by atoms with E-state index in [2.05, 4.69) is 27.3 Å². The van der Waals surface area contributed by atoms with Gasteiger partial charge in [-0.1, -0.05) is 12.8 Å². The summed E-state index contributed by atoms with van der Waals surface area (Å²) in [5.41, 5.74) is 2.91. The molecule has 1 aliphatic carbocycles. The summed E-state index contributed by atoms with van der Waals surface area (Å²) in [6, 6.07) is 5.95. The molecule has 3 heterocycles. The van der Waals surface area contributed by atoms with E-state index in [9.17, 15) is 0 Å². The zero-order valence-corrected chi connectivity index (χ0v) is 17.6. The van der Waals surface area contributed by atoms with Gasteiger partial charge >= 0.3 is 0 Å². The van der Waals surface area contributed by atoms with Crippen LogP contribution >= 0.6 is 0 Å². The first kappa shape index (κ1) is 18.7. The molecule has 0 bridgehead atoms. The Balaban J connectivity index is 1.42. The predicted molar refractivity (Wildman–Crippen MR) is 116 cm³/mol. The first-order valence-electron chi connectivity index (χ1n) is 10.3. The van der Waals surface area contributed by atoms with Crippen molar-refractivity contribution in [3.8, 4) is 22.6 Å². The van der Waals surface area contributed by atoms with Gasteiger partial charge in [0.1, 0.15) is 12.4 Å². The molecule has 156 valence electrons. The Hall–Kier alpha value is -3.29. The number of rotatable bonds is 4. The van der Waals surface area contributed by atoms with E-state index in [0.29, 0.717) is 12.6 Å². The van der Waals surface area contributed by atoms with Crippen molar-refractivity contribution in [3.63, 3.8) is 0 Å². The van der Waals surface area contributed by atoms with Crippen LogP contribution in [0.4, 0.5) is 17.5 Å². The molecule has 3 aromatic rings. The third-order valence-electron chi connectivity index (χ3n) is 6.27. The van der Waals surface area contributed by atoms with Crippen LogP contribution in [0.2, 0.25) is 0 Å². The second-order valence-electron chi connectivity index (χ2n) is 8.10. The Bertz CT molecular complexity index is 1070. The molecule has 0 saturated heterocycles. The normalized spacial score (nSPS) is 17.0. The number of methoxy groups -OCH3 is 1. The molecular formula is C22H26N6O2. The lowest BCUT2D eigenvalue weighted by molar-refractivity contribution is 0.192. The van der Waals surface area contributed by atoms with Crippen molar-refractivity contribution in [1.82, 2.24) is 19.7 Å². The van der Waals surface area contributed by atoms with Gasteiger partial charge in [-0.2, -0.15) is 10.1 Å². The summed E-state index contributed by atoms with van der Waals surface area (Å²) < 4.78 is 13.4. The van der Waals surface area contributed by atoms with Crippen molar-refractivity contribution in [1.29, 1.82) is 0 Å². The van der Waals surface area contributed by atoms with Gasteiger partial charge in [-0.25, -0.2) is 4.98 Å². The Kier molecular flexibility index (Phi) is 4.49. The molecule has 5 rings (SSSR count). The fourth-order valence-electron chi connectivity index (χ4n) is 4.51. The molecule has 1 N–H and O–H groups in total. The Morgan fingerprint density at radius 1 is 1.17 bits per heavy atom. The molecule has 8 heteroatoms. The number of fused-ring (bicyclic) bond motifs is 1. The van der Waals surface area contributed by atoms with Crippen LogP contribution in [-0.4, -0.2) is 46.1 Å². The zero-order valence-electron chi connectivity index (χ0n) is 17.6. The van der Waals surface area contributed by atoms with E-state index < -0.39 is 0 Å². The molecule has 0 atom stereocenters. The number of likely N-dealkylation sites (N-methyl/N-ethyl adjacent to an activating group) is 1. The highest BCUT2D eigenvalue weighted by Crippen LogP contribution is 2.44. The van der Waals surface area contributed by atoms with Crippen LogP contribution in [0.15, 0.2) is 36.8 Å². The first-order valence-corrected chi connectivity index (χ1v) is 10.3. The molecule has 0 unspecified atom stereocenters. The molecule has 1 aliphatic heterocycles. The zero-order chi connectivity index (χ0) is 20.7. The van der Waals surface area contributed by atoms with Gasteiger partial charge in [0.2, 0.25) is 5.95 Å². The predicted octanol–water partition coefficient (Wildman–Crippen LogP) is 3.77. The third kappa shape index (κ3) is 3.12. The second-order valence-corrected chi connectivity index (χ2v) is 8.10. The van der Waals surface area contributed by atoms with Crippen LogP contribution in [-0.2, 0) is 7.05 Å². The van der Waals surface area contributed by atoms with Crippen molar-refractivity contribution in [2.24, 2.45) is 7.05 Å². The Morgan fingerprint density at radius 2 is 2.00 bits per heavy atom. The number of hydrogen-bond donors (Lipinski definition) is 1. The number of benzene rings is 1. The van der Waals surface area contributed by atoms with Gasteiger partial charge in [0, 0.05) is 43.2 Å². The van der Waals surface area contributed by atoms with Crippen LogP contribution in [0.25, 0.3) is 11.1 Å². The number of nitrogens with zero attached hydrogens (tertiary/aromatic N) is 5. The molecule has 1 spiro atoms. The number of aryl methyl sites for hydroxylation is 1. The summed E-state index contributed by atoms with van der Waals surface area (Å²) >= 11 is 0. The van der Waals surface area contributed by atoms with Gasteiger partial charge < -0.3 is 19.7 Å². The summed E-state index contributed by atoms with van der Waals surface area (Å²) in [6.07, 6.45) is 10.3. The monoisotopic (exact) mass is 406 g/mol. The molecule has 1 saturated carbocycles. The standard InChI is InChI=1S/C22H26N6O2/c1-27-13-15(11-24-27)17-7-6-16(10-18(17)29-3)25-21-23-12-19-20(26-21)28(2)22(14-30-19)8-4-5-9-22/h6-7,10-13H,4-5,8-9,14H2,1-3H3,(H,23,25,26). The smallest absolute Gasteiger partial charge is 0.229 e. The highest BCUT2D eigenvalue weighted by molar-refractivity contribution is 5.74. The summed E-state index contributed by atoms with van der Waals surface area (Å²) in [6.45, 7) is 0.708. The summed E-state index contributed by atoms with van der Waals surface area (Å²) in [5.74, 6) is 2.89. The van der Waals surface area contributed by atoms with Gasteiger partial charge in [0.05, 0.1) is 25.0 Å². The van der Waals surface area contributed by atoms with Crippen LogP contribution in [0.3, 0.4) is 0 Å². The van der Waals surface area contributed by atoms with E-state index in [1.54, 1.807) is 18.0 Å². The summed E-state index contributed by atoms with van der Waals surface area (Å²) in [5, 5.41) is 7.55. The summed E-state index contributed by atoms with van der Waals surface area (Å²) in [4.78, 5) is 11.5. The molecule has 1 aromatic carbocycles. The van der Waals surface area contributed by atoms with Crippen LogP contribution in [0, 0.1) is 0 Å². The third-order valence-corrected chi connectivity index (χ3v) is 6.27.